The van der Waals surface area contributed by atoms with Gasteiger partial charge in [0.15, 0.2) is 0 Å². The smallest absolute Gasteiger partial charge is 0.0974 e. The number of hydrogen-bond donors (Lipinski definition) is 4. The van der Waals surface area contributed by atoms with Crippen LogP contribution in [0.5, 0.6) is 0 Å². The van der Waals surface area contributed by atoms with Crippen molar-refractivity contribution in [1.29, 1.82) is 0 Å². The Balaban J connectivity index is 2.52. The summed E-state index contributed by atoms with van der Waals surface area (Å²) < 4.78 is 0. The minimum Gasteiger partial charge on any atom is -0.395 e. The van der Waals surface area contributed by atoms with Crippen LogP contribution < -0.4 is 5.32 Å². The molecule has 4 atom stereocenters. The quantitative estimate of drug-likeness (QED) is 0.427. The van der Waals surface area contributed by atoms with Crippen LogP contribution in [0.4, 0.5) is 0 Å². The van der Waals surface area contributed by atoms with Crippen molar-refractivity contribution in [2.75, 3.05) is 6.61 Å². The van der Waals surface area contributed by atoms with Gasteiger partial charge in [0.1, 0.15) is 0 Å². The van der Waals surface area contributed by atoms with Crippen molar-refractivity contribution in [1.82, 2.24) is 5.32 Å². The lowest BCUT2D eigenvalue weighted by Gasteiger charge is -2.36. The van der Waals surface area contributed by atoms with Gasteiger partial charge in [0, 0.05) is 6.04 Å². The predicted molar refractivity (Wildman–Crippen MR) is 44.7 cm³/mol. The predicted octanol–water partition coefficient (Wildman–Crippen LogP) is -1.16. The molecule has 1 rings (SSSR count). The molecule has 0 saturated carbocycles. The third-order valence-electron chi connectivity index (χ3n) is 2.47. The highest BCUT2D eigenvalue weighted by Gasteiger charge is 2.33. The van der Waals surface area contributed by atoms with Crippen molar-refractivity contribution < 1.29 is 15.3 Å². The zero-order valence-corrected chi connectivity index (χ0v) is 7.27. The summed E-state index contributed by atoms with van der Waals surface area (Å²) in [6.45, 7) is 1.88. The van der Waals surface area contributed by atoms with E-state index in [-0.39, 0.29) is 18.7 Å². The van der Waals surface area contributed by atoms with Gasteiger partial charge in [-0.2, -0.15) is 0 Å². The minimum absolute atomic E-state index is 0.130. The molecule has 0 amide bonds. The summed E-state index contributed by atoms with van der Waals surface area (Å²) in [5.74, 6) is 0. The summed E-state index contributed by atoms with van der Waals surface area (Å²) >= 11 is 0. The number of aliphatic hydroxyl groups is 3. The molecule has 0 bridgehead atoms. The molecule has 1 fully saturated rings. The Morgan fingerprint density at radius 1 is 1.42 bits per heavy atom. The zero-order chi connectivity index (χ0) is 9.14. The van der Waals surface area contributed by atoms with Crippen LogP contribution in [0.1, 0.15) is 19.8 Å². The molecule has 0 aromatic heterocycles. The van der Waals surface area contributed by atoms with E-state index in [4.69, 9.17) is 5.11 Å². The first kappa shape index (κ1) is 9.92. The summed E-state index contributed by atoms with van der Waals surface area (Å²) in [6.07, 6.45) is -0.0693. The van der Waals surface area contributed by atoms with Gasteiger partial charge in [-0.15, -0.1) is 0 Å². The SMILES string of the molecule is CC[C@@H]1C[C@H](O)[C@@H](O)[C@H](CO)N1. The van der Waals surface area contributed by atoms with Gasteiger partial charge in [-0.05, 0) is 12.8 Å². The van der Waals surface area contributed by atoms with E-state index in [0.717, 1.165) is 6.42 Å². The molecule has 1 heterocycles. The Hall–Kier alpha value is -0.160. The molecule has 4 N–H and O–H groups in total. The molecule has 1 aliphatic rings. The van der Waals surface area contributed by atoms with Gasteiger partial charge in [-0.1, -0.05) is 6.92 Å². The second-order valence-corrected chi connectivity index (χ2v) is 3.35. The fourth-order valence-electron chi connectivity index (χ4n) is 1.61. The molecule has 0 aromatic carbocycles. The van der Waals surface area contributed by atoms with Crippen molar-refractivity contribution in [3.05, 3.63) is 0 Å². The lowest BCUT2D eigenvalue weighted by molar-refractivity contribution is -0.0512. The maximum absolute atomic E-state index is 9.38. The van der Waals surface area contributed by atoms with Crippen LogP contribution in [0, 0.1) is 0 Å². The Labute approximate surface area is 72.2 Å². The van der Waals surface area contributed by atoms with Crippen LogP contribution >= 0.6 is 0 Å². The van der Waals surface area contributed by atoms with Gasteiger partial charge < -0.3 is 20.6 Å². The van der Waals surface area contributed by atoms with E-state index in [1.54, 1.807) is 0 Å². The monoisotopic (exact) mass is 175 g/mol. The van der Waals surface area contributed by atoms with Gasteiger partial charge in [0.25, 0.3) is 0 Å². The summed E-state index contributed by atoms with van der Waals surface area (Å²) in [5.41, 5.74) is 0. The maximum atomic E-state index is 9.38. The molecule has 72 valence electrons. The molecule has 0 aromatic rings. The van der Waals surface area contributed by atoms with Crippen molar-refractivity contribution >= 4 is 0 Å². The molecule has 4 heteroatoms. The Kier molecular flexibility index (Phi) is 3.46. The molecule has 12 heavy (non-hydrogen) atoms. The molecule has 4 nitrogen and oxygen atoms in total. The highest BCUT2D eigenvalue weighted by atomic mass is 16.3. The summed E-state index contributed by atoms with van der Waals surface area (Å²) in [6, 6.07) is -0.167. The average Bonchev–Trinajstić information content (AvgIpc) is 2.09. The lowest BCUT2D eigenvalue weighted by Crippen LogP contribution is -2.58. The Morgan fingerprint density at radius 2 is 2.08 bits per heavy atom. The largest absolute Gasteiger partial charge is 0.395 e. The fraction of sp³-hybridized carbons (Fsp3) is 1.00. The van der Waals surface area contributed by atoms with E-state index < -0.39 is 12.2 Å². The van der Waals surface area contributed by atoms with E-state index in [9.17, 15) is 10.2 Å². The molecular formula is C8H17NO3. The Morgan fingerprint density at radius 3 is 2.58 bits per heavy atom. The van der Waals surface area contributed by atoms with Crippen molar-refractivity contribution in [3.8, 4) is 0 Å². The summed E-state index contributed by atoms with van der Waals surface area (Å²) in [4.78, 5) is 0. The standard InChI is InChI=1S/C8H17NO3/c1-2-5-3-7(11)8(12)6(4-10)9-5/h5-12H,2-4H2,1H3/t5-,6+,7+,8+/m1/s1. The van der Waals surface area contributed by atoms with Crippen LogP contribution in [0.3, 0.4) is 0 Å². The fourth-order valence-corrected chi connectivity index (χ4v) is 1.61. The highest BCUT2D eigenvalue weighted by Crippen LogP contribution is 2.15. The molecule has 0 aliphatic carbocycles. The van der Waals surface area contributed by atoms with Gasteiger partial charge >= 0.3 is 0 Å². The van der Waals surface area contributed by atoms with Crippen LogP contribution in [0.25, 0.3) is 0 Å². The average molecular weight is 175 g/mol. The second-order valence-electron chi connectivity index (χ2n) is 3.35. The Bertz CT molecular complexity index is 142. The first-order chi connectivity index (χ1) is 5.69. The lowest BCUT2D eigenvalue weighted by atomic mass is 9.92. The highest BCUT2D eigenvalue weighted by molar-refractivity contribution is 4.91. The van der Waals surface area contributed by atoms with Gasteiger partial charge in [-0.25, -0.2) is 0 Å². The summed E-state index contributed by atoms with van der Waals surface area (Å²) in [7, 11) is 0. The maximum Gasteiger partial charge on any atom is 0.0974 e. The van der Waals surface area contributed by atoms with E-state index in [2.05, 4.69) is 5.32 Å². The molecule has 1 saturated heterocycles. The zero-order valence-electron chi connectivity index (χ0n) is 7.27. The molecule has 0 unspecified atom stereocenters. The van der Waals surface area contributed by atoms with Crippen molar-refractivity contribution in [2.24, 2.45) is 0 Å². The van der Waals surface area contributed by atoms with Crippen molar-refractivity contribution in [2.45, 2.75) is 44.1 Å². The number of nitrogens with one attached hydrogen (secondary N) is 1. The topological polar surface area (TPSA) is 72.7 Å². The summed E-state index contributed by atoms with van der Waals surface area (Å²) in [5, 5.41) is 30.7. The molecule has 0 spiro atoms. The second kappa shape index (κ2) is 4.18. The van der Waals surface area contributed by atoms with Crippen LogP contribution in [-0.4, -0.2) is 46.2 Å². The number of piperidine rings is 1. The first-order valence-corrected chi connectivity index (χ1v) is 4.42. The normalized spacial score (nSPS) is 43.0. The number of aliphatic hydroxyl groups excluding tert-OH is 3. The molecule has 1 aliphatic heterocycles. The van der Waals surface area contributed by atoms with E-state index >= 15 is 0 Å². The molecule has 0 radical (unpaired) electrons. The van der Waals surface area contributed by atoms with Crippen LogP contribution in [-0.2, 0) is 0 Å². The van der Waals surface area contributed by atoms with Crippen molar-refractivity contribution in [3.63, 3.8) is 0 Å². The third kappa shape index (κ3) is 1.95. The minimum atomic E-state index is -0.835. The van der Waals surface area contributed by atoms with Gasteiger partial charge in [-0.3, -0.25) is 0 Å². The van der Waals surface area contributed by atoms with Gasteiger partial charge in [0.2, 0.25) is 0 Å². The first-order valence-electron chi connectivity index (χ1n) is 4.42. The van der Waals surface area contributed by atoms with E-state index in [0.29, 0.717) is 6.42 Å². The van der Waals surface area contributed by atoms with Crippen LogP contribution in [0.15, 0.2) is 0 Å². The van der Waals surface area contributed by atoms with Crippen LogP contribution in [0.2, 0.25) is 0 Å². The van der Waals surface area contributed by atoms with E-state index in [1.165, 1.54) is 0 Å². The number of hydrogen-bond acceptors (Lipinski definition) is 4. The van der Waals surface area contributed by atoms with E-state index in [1.807, 2.05) is 6.92 Å². The molecular weight excluding hydrogens is 158 g/mol. The number of rotatable bonds is 2. The van der Waals surface area contributed by atoms with Gasteiger partial charge in [0.05, 0.1) is 24.9 Å². The third-order valence-corrected chi connectivity index (χ3v) is 2.47.